The van der Waals surface area contributed by atoms with Crippen LogP contribution in [0.2, 0.25) is 0 Å². The van der Waals surface area contributed by atoms with Crippen molar-refractivity contribution in [3.05, 3.63) is 71.3 Å². The van der Waals surface area contributed by atoms with Gasteiger partial charge in [-0.3, -0.25) is 9.59 Å². The number of piperidine rings is 1. The molecule has 32 heavy (non-hydrogen) atoms. The first-order chi connectivity index (χ1) is 15.6. The van der Waals surface area contributed by atoms with E-state index in [4.69, 9.17) is 0 Å². The Labute approximate surface area is 190 Å². The fraction of sp³-hybridized carbons (Fsp3) is 0.429. The van der Waals surface area contributed by atoms with Gasteiger partial charge in [-0.1, -0.05) is 48.4 Å². The van der Waals surface area contributed by atoms with E-state index in [9.17, 15) is 9.59 Å². The van der Waals surface area contributed by atoms with E-state index >= 15 is 0 Å². The monoisotopic (exact) mass is 426 g/mol. The van der Waals surface area contributed by atoms with Crippen LogP contribution in [0.4, 0.5) is 0 Å². The Morgan fingerprint density at radius 3 is 2.09 bits per heavy atom. The van der Waals surface area contributed by atoms with Crippen LogP contribution in [0.15, 0.2) is 54.6 Å². The maximum Gasteiger partial charge on any atom is 0.298 e. The molecule has 0 aromatic heterocycles. The summed E-state index contributed by atoms with van der Waals surface area (Å²) in [5, 5.41) is 0. The summed E-state index contributed by atoms with van der Waals surface area (Å²) in [6, 6.07) is 18.2. The zero-order valence-electron chi connectivity index (χ0n) is 18.6. The fourth-order valence-electron chi connectivity index (χ4n) is 5.64. The molecule has 2 heterocycles. The standard InChI is InChI=1S/C28H30N2O2/c31-26(11-10-22-6-2-1-3-7-22)30-17-14-28(21-30)12-15-29(16-13-28)27(32)20-23-18-24-8-4-5-9-25(24)19-23/h1-9,23H,12-21H2. The van der Waals surface area contributed by atoms with Crippen molar-refractivity contribution in [3.8, 4) is 11.8 Å². The third-order valence-corrected chi connectivity index (χ3v) is 7.59. The molecule has 1 aliphatic carbocycles. The third kappa shape index (κ3) is 4.43. The summed E-state index contributed by atoms with van der Waals surface area (Å²) in [5.41, 5.74) is 3.85. The van der Waals surface area contributed by atoms with E-state index in [0.717, 1.165) is 63.8 Å². The SMILES string of the molecule is O=C(C#Cc1ccccc1)N1CCC2(CCN(C(=O)CC3Cc4ccccc4C3)CC2)C1. The number of carbonyl (C=O) groups excluding carboxylic acids is 2. The van der Waals surface area contributed by atoms with Crippen molar-refractivity contribution in [2.24, 2.45) is 11.3 Å². The molecule has 0 bridgehead atoms. The van der Waals surface area contributed by atoms with Gasteiger partial charge in [0.1, 0.15) is 0 Å². The zero-order valence-corrected chi connectivity index (χ0v) is 18.6. The number of likely N-dealkylation sites (tertiary alicyclic amines) is 2. The van der Waals surface area contributed by atoms with E-state index in [1.54, 1.807) is 0 Å². The van der Waals surface area contributed by atoms with Gasteiger partial charge < -0.3 is 9.80 Å². The van der Waals surface area contributed by atoms with Crippen LogP contribution in [0, 0.1) is 23.2 Å². The highest BCUT2D eigenvalue weighted by atomic mass is 16.2. The molecule has 0 saturated carbocycles. The van der Waals surface area contributed by atoms with Crippen molar-refractivity contribution in [2.75, 3.05) is 26.2 Å². The van der Waals surface area contributed by atoms with Gasteiger partial charge in [0.2, 0.25) is 5.91 Å². The van der Waals surface area contributed by atoms with E-state index in [2.05, 4.69) is 41.0 Å². The van der Waals surface area contributed by atoms with Crippen molar-refractivity contribution < 1.29 is 9.59 Å². The molecule has 2 aromatic carbocycles. The Balaban J connectivity index is 1.11. The van der Waals surface area contributed by atoms with Crippen LogP contribution < -0.4 is 0 Å². The van der Waals surface area contributed by atoms with Crippen LogP contribution in [0.1, 0.15) is 42.4 Å². The molecule has 2 aliphatic heterocycles. The Bertz CT molecular complexity index is 1030. The maximum absolute atomic E-state index is 12.9. The number of hydrogen-bond donors (Lipinski definition) is 0. The van der Waals surface area contributed by atoms with Crippen molar-refractivity contribution in [1.82, 2.24) is 9.80 Å². The Hall–Kier alpha value is -3.06. The summed E-state index contributed by atoms with van der Waals surface area (Å²) >= 11 is 0. The Morgan fingerprint density at radius 2 is 1.44 bits per heavy atom. The second-order valence-electron chi connectivity index (χ2n) is 9.72. The number of hydrogen-bond acceptors (Lipinski definition) is 2. The average Bonchev–Trinajstić information content (AvgIpc) is 3.42. The quantitative estimate of drug-likeness (QED) is 0.688. The molecule has 0 atom stereocenters. The largest absolute Gasteiger partial charge is 0.343 e. The van der Waals surface area contributed by atoms with Crippen molar-refractivity contribution >= 4 is 11.8 Å². The number of nitrogens with zero attached hydrogens (tertiary/aromatic N) is 2. The first kappa shape index (κ1) is 20.8. The number of carbonyl (C=O) groups is 2. The molecule has 3 aliphatic rings. The van der Waals surface area contributed by atoms with Gasteiger partial charge in [-0.25, -0.2) is 0 Å². The highest BCUT2D eigenvalue weighted by Gasteiger charge is 2.42. The van der Waals surface area contributed by atoms with Crippen molar-refractivity contribution in [2.45, 2.75) is 38.5 Å². The van der Waals surface area contributed by atoms with Gasteiger partial charge in [0.05, 0.1) is 0 Å². The number of amides is 2. The van der Waals surface area contributed by atoms with Crippen LogP contribution in [-0.2, 0) is 22.4 Å². The summed E-state index contributed by atoms with van der Waals surface area (Å²) in [6.45, 7) is 3.18. The normalized spacial score (nSPS) is 19.5. The van der Waals surface area contributed by atoms with Gasteiger partial charge in [-0.2, -0.15) is 0 Å². The second-order valence-corrected chi connectivity index (χ2v) is 9.72. The smallest absolute Gasteiger partial charge is 0.298 e. The van der Waals surface area contributed by atoms with Gasteiger partial charge in [0, 0.05) is 44.1 Å². The van der Waals surface area contributed by atoms with Crippen molar-refractivity contribution in [1.29, 1.82) is 0 Å². The summed E-state index contributed by atoms with van der Waals surface area (Å²) < 4.78 is 0. The van der Waals surface area contributed by atoms with Gasteiger partial charge in [0.15, 0.2) is 0 Å². The predicted octanol–water partition coefficient (Wildman–Crippen LogP) is 3.68. The molecule has 4 nitrogen and oxygen atoms in total. The molecule has 2 fully saturated rings. The van der Waals surface area contributed by atoms with Gasteiger partial charge in [-0.15, -0.1) is 0 Å². The molecule has 4 heteroatoms. The lowest BCUT2D eigenvalue weighted by molar-refractivity contribution is -0.134. The Kier molecular flexibility index (Phi) is 5.74. The first-order valence-corrected chi connectivity index (χ1v) is 11.8. The number of fused-ring (bicyclic) bond motifs is 1. The summed E-state index contributed by atoms with van der Waals surface area (Å²) in [7, 11) is 0. The predicted molar refractivity (Wildman–Crippen MR) is 125 cm³/mol. The van der Waals surface area contributed by atoms with Crippen molar-refractivity contribution in [3.63, 3.8) is 0 Å². The highest BCUT2D eigenvalue weighted by Crippen LogP contribution is 2.40. The maximum atomic E-state index is 12.9. The minimum Gasteiger partial charge on any atom is -0.343 e. The topological polar surface area (TPSA) is 40.6 Å². The zero-order chi connectivity index (χ0) is 22.0. The minimum atomic E-state index is -0.0787. The molecule has 164 valence electrons. The average molecular weight is 427 g/mol. The van der Waals surface area contributed by atoms with E-state index in [1.807, 2.05) is 35.2 Å². The van der Waals surface area contributed by atoms with E-state index in [0.29, 0.717) is 18.2 Å². The molecule has 0 unspecified atom stereocenters. The molecule has 0 radical (unpaired) electrons. The molecular weight excluding hydrogens is 396 g/mol. The summed E-state index contributed by atoms with van der Waals surface area (Å²) in [5.74, 6) is 6.46. The van der Waals surface area contributed by atoms with E-state index < -0.39 is 0 Å². The molecule has 2 amide bonds. The van der Waals surface area contributed by atoms with Crippen LogP contribution >= 0.6 is 0 Å². The molecule has 2 aromatic rings. The third-order valence-electron chi connectivity index (χ3n) is 7.59. The van der Waals surface area contributed by atoms with Crippen LogP contribution in [0.5, 0.6) is 0 Å². The van der Waals surface area contributed by atoms with Gasteiger partial charge in [0.25, 0.3) is 5.91 Å². The van der Waals surface area contributed by atoms with Gasteiger partial charge >= 0.3 is 0 Å². The molecule has 5 rings (SSSR count). The lowest BCUT2D eigenvalue weighted by Crippen LogP contribution is -2.45. The van der Waals surface area contributed by atoms with E-state index in [1.165, 1.54) is 11.1 Å². The lowest BCUT2D eigenvalue weighted by Gasteiger charge is -2.39. The molecule has 1 spiro atoms. The second kappa shape index (κ2) is 8.82. The molecule has 0 N–H and O–H groups in total. The first-order valence-electron chi connectivity index (χ1n) is 11.8. The lowest BCUT2D eigenvalue weighted by atomic mass is 9.77. The van der Waals surface area contributed by atoms with Gasteiger partial charge in [-0.05, 0) is 66.7 Å². The fourth-order valence-corrected chi connectivity index (χ4v) is 5.64. The highest BCUT2D eigenvalue weighted by molar-refractivity contribution is 5.94. The van der Waals surface area contributed by atoms with Crippen LogP contribution in [0.25, 0.3) is 0 Å². The minimum absolute atomic E-state index is 0.0787. The summed E-state index contributed by atoms with van der Waals surface area (Å²) in [4.78, 5) is 29.5. The molecular formula is C28H30N2O2. The Morgan fingerprint density at radius 1 is 0.844 bits per heavy atom. The van der Waals surface area contributed by atoms with E-state index in [-0.39, 0.29) is 11.3 Å². The number of rotatable bonds is 2. The van der Waals surface area contributed by atoms with Crippen LogP contribution in [-0.4, -0.2) is 47.8 Å². The molecule has 2 saturated heterocycles. The van der Waals surface area contributed by atoms with Crippen LogP contribution in [0.3, 0.4) is 0 Å². The number of benzene rings is 2. The summed E-state index contributed by atoms with van der Waals surface area (Å²) in [6.07, 6.45) is 5.70.